The molecule has 1 heteroatoms. The second kappa shape index (κ2) is 4.01. The summed E-state index contributed by atoms with van der Waals surface area (Å²) in [7, 11) is 0. The van der Waals surface area contributed by atoms with E-state index in [4.69, 9.17) is 4.74 Å². The van der Waals surface area contributed by atoms with Crippen LogP contribution in [0.3, 0.4) is 0 Å². The summed E-state index contributed by atoms with van der Waals surface area (Å²) in [6.07, 6.45) is 3.60. The lowest BCUT2D eigenvalue weighted by molar-refractivity contribution is 0.477. The van der Waals surface area contributed by atoms with Crippen LogP contribution in [-0.2, 0) is 12.8 Å². The number of hydrogen-bond donors (Lipinski definition) is 0. The third-order valence-electron chi connectivity index (χ3n) is 3.07. The monoisotopic (exact) mass is 210 g/mol. The van der Waals surface area contributed by atoms with Crippen LogP contribution in [0.25, 0.3) is 0 Å². The Balaban J connectivity index is 1.94. The van der Waals surface area contributed by atoms with Gasteiger partial charge < -0.3 is 4.74 Å². The molecule has 1 aliphatic carbocycles. The number of hydrogen-bond acceptors (Lipinski definition) is 1. The van der Waals surface area contributed by atoms with Crippen molar-refractivity contribution in [2.45, 2.75) is 19.3 Å². The molecule has 0 spiro atoms. The van der Waals surface area contributed by atoms with E-state index in [2.05, 4.69) is 18.2 Å². The lowest BCUT2D eigenvalue weighted by atomic mass is 10.1. The number of para-hydroxylation sites is 1. The van der Waals surface area contributed by atoms with E-state index >= 15 is 0 Å². The van der Waals surface area contributed by atoms with Gasteiger partial charge in [0.2, 0.25) is 0 Å². The van der Waals surface area contributed by atoms with Crippen LogP contribution in [0.2, 0.25) is 0 Å². The van der Waals surface area contributed by atoms with Crippen LogP contribution in [0.1, 0.15) is 17.5 Å². The molecule has 0 heterocycles. The predicted octanol–water partition coefficient (Wildman–Crippen LogP) is 3.97. The van der Waals surface area contributed by atoms with Crippen molar-refractivity contribution in [1.82, 2.24) is 0 Å². The molecular formula is C15H14O. The summed E-state index contributed by atoms with van der Waals surface area (Å²) < 4.78 is 5.92. The van der Waals surface area contributed by atoms with Crippen LogP contribution in [-0.4, -0.2) is 0 Å². The van der Waals surface area contributed by atoms with Gasteiger partial charge in [0.1, 0.15) is 11.5 Å². The molecule has 0 saturated carbocycles. The lowest BCUT2D eigenvalue weighted by Gasteiger charge is -2.09. The molecule has 16 heavy (non-hydrogen) atoms. The van der Waals surface area contributed by atoms with E-state index in [1.807, 2.05) is 30.3 Å². The minimum Gasteiger partial charge on any atom is -0.457 e. The molecule has 0 saturated heterocycles. The largest absolute Gasteiger partial charge is 0.457 e. The van der Waals surface area contributed by atoms with Crippen LogP contribution in [0.4, 0.5) is 0 Å². The Labute approximate surface area is 95.7 Å². The summed E-state index contributed by atoms with van der Waals surface area (Å²) in [6.45, 7) is 0. The Bertz CT molecular complexity index is 488. The highest BCUT2D eigenvalue weighted by molar-refractivity contribution is 5.45. The van der Waals surface area contributed by atoms with Crippen molar-refractivity contribution in [2.24, 2.45) is 0 Å². The Morgan fingerprint density at radius 1 is 0.812 bits per heavy atom. The van der Waals surface area contributed by atoms with Gasteiger partial charge in [0.15, 0.2) is 0 Å². The molecule has 0 radical (unpaired) electrons. The second-order valence-electron chi connectivity index (χ2n) is 4.16. The van der Waals surface area contributed by atoms with Crippen molar-refractivity contribution in [2.75, 3.05) is 0 Å². The minimum absolute atomic E-state index is 0.919. The topological polar surface area (TPSA) is 9.23 Å². The van der Waals surface area contributed by atoms with Crippen molar-refractivity contribution < 1.29 is 4.74 Å². The van der Waals surface area contributed by atoms with Gasteiger partial charge >= 0.3 is 0 Å². The van der Waals surface area contributed by atoms with Gasteiger partial charge in [0.05, 0.1) is 0 Å². The van der Waals surface area contributed by atoms with E-state index in [9.17, 15) is 0 Å². The first kappa shape index (κ1) is 9.46. The van der Waals surface area contributed by atoms with Gasteiger partial charge in [0, 0.05) is 0 Å². The van der Waals surface area contributed by atoms with Gasteiger partial charge in [0.25, 0.3) is 0 Å². The molecule has 2 aromatic rings. The highest BCUT2D eigenvalue weighted by Gasteiger charge is 2.15. The molecule has 0 bridgehead atoms. The molecule has 0 atom stereocenters. The zero-order valence-electron chi connectivity index (χ0n) is 9.15. The zero-order chi connectivity index (χ0) is 10.8. The average Bonchev–Trinajstić information content (AvgIpc) is 2.80. The Morgan fingerprint density at radius 2 is 1.69 bits per heavy atom. The summed E-state index contributed by atoms with van der Waals surface area (Å²) in [5, 5.41) is 0. The third kappa shape index (κ3) is 1.69. The maximum atomic E-state index is 5.92. The molecule has 2 aromatic carbocycles. The van der Waals surface area contributed by atoms with E-state index in [0.717, 1.165) is 17.9 Å². The van der Waals surface area contributed by atoms with E-state index in [1.54, 1.807) is 0 Å². The first-order valence-corrected chi connectivity index (χ1v) is 5.77. The molecule has 0 amide bonds. The normalized spacial score (nSPS) is 13.5. The standard InChI is InChI=1S/C15H14O/c1-2-8-13(9-3-1)16-15-11-5-7-12-6-4-10-14(12)15/h1-3,5,7-9,11H,4,6,10H2. The van der Waals surface area contributed by atoms with Crippen molar-refractivity contribution >= 4 is 0 Å². The van der Waals surface area contributed by atoms with Crippen molar-refractivity contribution in [1.29, 1.82) is 0 Å². The Morgan fingerprint density at radius 3 is 2.56 bits per heavy atom. The summed E-state index contributed by atoms with van der Waals surface area (Å²) >= 11 is 0. The molecule has 3 rings (SSSR count). The maximum absolute atomic E-state index is 5.92. The highest BCUT2D eigenvalue weighted by atomic mass is 16.5. The number of ether oxygens (including phenoxy) is 1. The highest BCUT2D eigenvalue weighted by Crippen LogP contribution is 2.33. The quantitative estimate of drug-likeness (QED) is 0.728. The van der Waals surface area contributed by atoms with Crippen LogP contribution in [0, 0.1) is 0 Å². The van der Waals surface area contributed by atoms with E-state index in [1.165, 1.54) is 24.0 Å². The van der Waals surface area contributed by atoms with Crippen LogP contribution < -0.4 is 4.74 Å². The van der Waals surface area contributed by atoms with Crippen LogP contribution in [0.15, 0.2) is 48.5 Å². The van der Waals surface area contributed by atoms with E-state index < -0.39 is 0 Å². The maximum Gasteiger partial charge on any atom is 0.130 e. The molecule has 0 unspecified atom stereocenters. The zero-order valence-corrected chi connectivity index (χ0v) is 9.15. The molecule has 1 nitrogen and oxygen atoms in total. The molecular weight excluding hydrogens is 196 g/mol. The molecule has 0 aliphatic heterocycles. The Kier molecular flexibility index (Phi) is 2.37. The average molecular weight is 210 g/mol. The Hall–Kier alpha value is -1.76. The lowest BCUT2D eigenvalue weighted by Crippen LogP contribution is -1.90. The van der Waals surface area contributed by atoms with Gasteiger partial charge in [-0.1, -0.05) is 30.3 Å². The first-order chi connectivity index (χ1) is 7.93. The molecule has 0 aromatic heterocycles. The SMILES string of the molecule is c1ccc(Oc2cccc3c2CCC3)cc1. The van der Waals surface area contributed by atoms with Crippen molar-refractivity contribution in [3.05, 3.63) is 59.7 Å². The van der Waals surface area contributed by atoms with Gasteiger partial charge in [-0.3, -0.25) is 0 Å². The van der Waals surface area contributed by atoms with Crippen molar-refractivity contribution in [3.63, 3.8) is 0 Å². The third-order valence-corrected chi connectivity index (χ3v) is 3.07. The fourth-order valence-electron chi connectivity index (χ4n) is 2.30. The first-order valence-electron chi connectivity index (χ1n) is 5.77. The number of benzene rings is 2. The number of aryl methyl sites for hydroxylation is 1. The van der Waals surface area contributed by atoms with Crippen LogP contribution in [0.5, 0.6) is 11.5 Å². The van der Waals surface area contributed by atoms with Gasteiger partial charge in [-0.2, -0.15) is 0 Å². The fraction of sp³-hybridized carbons (Fsp3) is 0.200. The molecule has 0 N–H and O–H groups in total. The number of fused-ring (bicyclic) bond motifs is 1. The summed E-state index contributed by atoms with van der Waals surface area (Å²) in [6, 6.07) is 16.3. The molecule has 0 fully saturated rings. The second-order valence-corrected chi connectivity index (χ2v) is 4.16. The molecule has 1 aliphatic rings. The predicted molar refractivity (Wildman–Crippen MR) is 65.0 cm³/mol. The summed E-state index contributed by atoms with van der Waals surface area (Å²) in [5.74, 6) is 1.95. The van der Waals surface area contributed by atoms with Gasteiger partial charge in [-0.25, -0.2) is 0 Å². The van der Waals surface area contributed by atoms with E-state index in [0.29, 0.717) is 0 Å². The van der Waals surface area contributed by atoms with Gasteiger partial charge in [-0.05, 0) is 48.6 Å². The number of rotatable bonds is 2. The van der Waals surface area contributed by atoms with Gasteiger partial charge in [-0.15, -0.1) is 0 Å². The summed E-state index contributed by atoms with van der Waals surface area (Å²) in [5.41, 5.74) is 2.85. The molecule has 80 valence electrons. The summed E-state index contributed by atoms with van der Waals surface area (Å²) in [4.78, 5) is 0. The minimum atomic E-state index is 0.919. The van der Waals surface area contributed by atoms with E-state index in [-0.39, 0.29) is 0 Å². The van der Waals surface area contributed by atoms with Crippen molar-refractivity contribution in [3.8, 4) is 11.5 Å². The fourth-order valence-corrected chi connectivity index (χ4v) is 2.30. The van der Waals surface area contributed by atoms with Crippen LogP contribution >= 0.6 is 0 Å². The smallest absolute Gasteiger partial charge is 0.130 e.